The van der Waals surface area contributed by atoms with E-state index < -0.39 is 0 Å². The molecule has 2 rings (SSSR count). The van der Waals surface area contributed by atoms with Gasteiger partial charge in [0.15, 0.2) is 0 Å². The van der Waals surface area contributed by atoms with Gasteiger partial charge in [0.1, 0.15) is 5.82 Å². The molecule has 0 saturated heterocycles. The van der Waals surface area contributed by atoms with Crippen LogP contribution < -0.4 is 10.6 Å². The molecule has 1 aromatic carbocycles. The fourth-order valence-electron chi connectivity index (χ4n) is 1.53. The molecule has 0 radical (unpaired) electrons. The second-order valence-electron chi connectivity index (χ2n) is 3.60. The minimum absolute atomic E-state index is 0.277. The maximum absolute atomic E-state index is 13.4. The Labute approximate surface area is 99.7 Å². The van der Waals surface area contributed by atoms with Gasteiger partial charge in [-0.05, 0) is 25.1 Å². The van der Waals surface area contributed by atoms with E-state index in [9.17, 15) is 4.39 Å². The van der Waals surface area contributed by atoms with Gasteiger partial charge in [-0.1, -0.05) is 12.1 Å². The highest BCUT2D eigenvalue weighted by molar-refractivity contribution is 5.63. The van der Waals surface area contributed by atoms with E-state index in [1.54, 1.807) is 30.6 Å². The normalized spacial score (nSPS) is 10.0. The number of para-hydroxylation sites is 1. The first-order chi connectivity index (χ1) is 8.29. The molecule has 0 atom stereocenters. The number of benzene rings is 1. The lowest BCUT2D eigenvalue weighted by Gasteiger charge is -2.09. The second kappa shape index (κ2) is 5.30. The first kappa shape index (κ1) is 11.4. The first-order valence-electron chi connectivity index (χ1n) is 5.50. The SMILES string of the molecule is CCNc1cncc(Nc2ccccc2F)c1. The molecule has 1 heterocycles. The molecule has 0 unspecified atom stereocenters. The maximum atomic E-state index is 13.4. The van der Waals surface area contributed by atoms with Crippen LogP contribution in [-0.2, 0) is 0 Å². The highest BCUT2D eigenvalue weighted by atomic mass is 19.1. The molecule has 4 heteroatoms. The summed E-state index contributed by atoms with van der Waals surface area (Å²) >= 11 is 0. The van der Waals surface area contributed by atoms with E-state index in [2.05, 4.69) is 15.6 Å². The number of rotatable bonds is 4. The molecule has 0 aliphatic carbocycles. The summed E-state index contributed by atoms with van der Waals surface area (Å²) in [4.78, 5) is 4.08. The van der Waals surface area contributed by atoms with Gasteiger partial charge in [0.05, 0.1) is 29.5 Å². The van der Waals surface area contributed by atoms with Gasteiger partial charge in [0, 0.05) is 6.54 Å². The molecule has 17 heavy (non-hydrogen) atoms. The number of halogens is 1. The molecule has 88 valence electrons. The monoisotopic (exact) mass is 231 g/mol. The van der Waals surface area contributed by atoms with Crippen LogP contribution in [0.4, 0.5) is 21.5 Å². The Bertz CT molecular complexity index is 500. The second-order valence-corrected chi connectivity index (χ2v) is 3.60. The van der Waals surface area contributed by atoms with Crippen molar-refractivity contribution in [1.82, 2.24) is 4.98 Å². The molecule has 3 nitrogen and oxygen atoms in total. The standard InChI is InChI=1S/C13H14FN3/c1-2-16-10-7-11(9-15-8-10)17-13-6-4-3-5-12(13)14/h3-9,16-17H,2H2,1H3. The molecule has 2 N–H and O–H groups in total. The highest BCUT2D eigenvalue weighted by Gasteiger charge is 2.01. The molecule has 0 bridgehead atoms. The van der Waals surface area contributed by atoms with Crippen molar-refractivity contribution in [2.24, 2.45) is 0 Å². The average Bonchev–Trinajstić information content (AvgIpc) is 2.33. The van der Waals surface area contributed by atoms with Crippen LogP contribution in [0.5, 0.6) is 0 Å². The topological polar surface area (TPSA) is 37.0 Å². The number of nitrogens with zero attached hydrogens (tertiary/aromatic N) is 1. The quantitative estimate of drug-likeness (QED) is 0.846. The summed E-state index contributed by atoms with van der Waals surface area (Å²) in [5.74, 6) is -0.277. The smallest absolute Gasteiger partial charge is 0.146 e. The van der Waals surface area contributed by atoms with Crippen LogP contribution in [0, 0.1) is 5.82 Å². The van der Waals surface area contributed by atoms with Crippen molar-refractivity contribution in [3.8, 4) is 0 Å². The van der Waals surface area contributed by atoms with Crippen molar-refractivity contribution < 1.29 is 4.39 Å². The zero-order valence-electron chi connectivity index (χ0n) is 9.57. The molecule has 0 amide bonds. The fourth-order valence-corrected chi connectivity index (χ4v) is 1.53. The Hall–Kier alpha value is -2.10. The molecule has 0 aliphatic rings. The Morgan fingerprint density at radius 2 is 1.94 bits per heavy atom. The summed E-state index contributed by atoms with van der Waals surface area (Å²) < 4.78 is 13.4. The highest BCUT2D eigenvalue weighted by Crippen LogP contribution is 2.20. The number of hydrogen-bond acceptors (Lipinski definition) is 3. The Morgan fingerprint density at radius 3 is 2.71 bits per heavy atom. The molecule has 0 saturated carbocycles. The predicted octanol–water partition coefficient (Wildman–Crippen LogP) is 3.40. The van der Waals surface area contributed by atoms with Gasteiger partial charge in [0.25, 0.3) is 0 Å². The van der Waals surface area contributed by atoms with E-state index in [1.165, 1.54) is 6.07 Å². The summed E-state index contributed by atoms with van der Waals surface area (Å²) in [6.07, 6.45) is 3.39. The minimum Gasteiger partial charge on any atom is -0.384 e. The molecule has 0 spiro atoms. The third-order valence-electron chi connectivity index (χ3n) is 2.27. The summed E-state index contributed by atoms with van der Waals surface area (Å²) in [5, 5.41) is 6.15. The third kappa shape index (κ3) is 2.93. The van der Waals surface area contributed by atoms with Crippen LogP contribution in [0.25, 0.3) is 0 Å². The van der Waals surface area contributed by atoms with E-state index in [-0.39, 0.29) is 5.82 Å². The lowest BCUT2D eigenvalue weighted by molar-refractivity contribution is 0.632. The van der Waals surface area contributed by atoms with Crippen molar-refractivity contribution in [1.29, 1.82) is 0 Å². The number of aromatic nitrogens is 1. The van der Waals surface area contributed by atoms with E-state index in [0.29, 0.717) is 5.69 Å². The van der Waals surface area contributed by atoms with Gasteiger partial charge >= 0.3 is 0 Å². The summed E-state index contributed by atoms with van der Waals surface area (Å²) in [6, 6.07) is 8.45. The average molecular weight is 231 g/mol. The summed E-state index contributed by atoms with van der Waals surface area (Å²) in [5.41, 5.74) is 2.12. The first-order valence-corrected chi connectivity index (χ1v) is 5.50. The van der Waals surface area contributed by atoms with Crippen LogP contribution in [-0.4, -0.2) is 11.5 Å². The molecular weight excluding hydrogens is 217 g/mol. The summed E-state index contributed by atoms with van der Waals surface area (Å²) in [6.45, 7) is 2.84. The molecule has 1 aromatic heterocycles. The lowest BCUT2D eigenvalue weighted by atomic mass is 10.3. The fraction of sp³-hybridized carbons (Fsp3) is 0.154. The third-order valence-corrected chi connectivity index (χ3v) is 2.27. The van der Waals surface area contributed by atoms with Crippen molar-refractivity contribution in [2.45, 2.75) is 6.92 Å². The number of pyridine rings is 1. The van der Waals surface area contributed by atoms with Gasteiger partial charge in [-0.2, -0.15) is 0 Å². The molecule has 0 aliphatic heterocycles. The van der Waals surface area contributed by atoms with Crippen LogP contribution in [0.15, 0.2) is 42.7 Å². The van der Waals surface area contributed by atoms with Gasteiger partial charge in [-0.25, -0.2) is 4.39 Å². The van der Waals surface area contributed by atoms with Crippen LogP contribution in [0.2, 0.25) is 0 Å². The number of anilines is 3. The van der Waals surface area contributed by atoms with Crippen LogP contribution in [0.3, 0.4) is 0 Å². The Kier molecular flexibility index (Phi) is 3.55. The predicted molar refractivity (Wildman–Crippen MR) is 68.1 cm³/mol. The van der Waals surface area contributed by atoms with Crippen molar-refractivity contribution in [3.63, 3.8) is 0 Å². The molecular formula is C13H14FN3. The Morgan fingerprint density at radius 1 is 1.18 bits per heavy atom. The van der Waals surface area contributed by atoms with E-state index >= 15 is 0 Å². The van der Waals surface area contributed by atoms with E-state index in [1.807, 2.05) is 13.0 Å². The largest absolute Gasteiger partial charge is 0.384 e. The zero-order valence-corrected chi connectivity index (χ0v) is 9.57. The lowest BCUT2D eigenvalue weighted by Crippen LogP contribution is -1.99. The zero-order chi connectivity index (χ0) is 12.1. The van der Waals surface area contributed by atoms with Gasteiger partial charge in [-0.15, -0.1) is 0 Å². The van der Waals surface area contributed by atoms with Gasteiger partial charge < -0.3 is 10.6 Å². The van der Waals surface area contributed by atoms with Crippen LogP contribution >= 0.6 is 0 Å². The Balaban J connectivity index is 2.18. The van der Waals surface area contributed by atoms with E-state index in [4.69, 9.17) is 0 Å². The van der Waals surface area contributed by atoms with E-state index in [0.717, 1.165) is 17.9 Å². The van der Waals surface area contributed by atoms with Crippen molar-refractivity contribution in [3.05, 3.63) is 48.5 Å². The molecule has 0 fully saturated rings. The number of nitrogens with one attached hydrogen (secondary N) is 2. The summed E-state index contributed by atoms with van der Waals surface area (Å²) in [7, 11) is 0. The van der Waals surface area contributed by atoms with Gasteiger partial charge in [-0.3, -0.25) is 4.98 Å². The molecule has 2 aromatic rings. The van der Waals surface area contributed by atoms with Gasteiger partial charge in [0.2, 0.25) is 0 Å². The maximum Gasteiger partial charge on any atom is 0.146 e. The van der Waals surface area contributed by atoms with Crippen molar-refractivity contribution >= 4 is 17.1 Å². The van der Waals surface area contributed by atoms with Crippen molar-refractivity contribution in [2.75, 3.05) is 17.2 Å². The van der Waals surface area contributed by atoms with Crippen LogP contribution in [0.1, 0.15) is 6.92 Å². The minimum atomic E-state index is -0.277. The number of hydrogen-bond donors (Lipinski definition) is 2.